The first kappa shape index (κ1) is 16.9. The van der Waals surface area contributed by atoms with Gasteiger partial charge in [-0.05, 0) is 42.7 Å². The Hall–Kier alpha value is -2.96. The summed E-state index contributed by atoms with van der Waals surface area (Å²) in [5, 5.41) is 14.3. The fourth-order valence-electron chi connectivity index (χ4n) is 2.47. The number of amides is 2. The number of hydrogen-bond donors (Lipinski definition) is 3. The number of halogens is 2. The molecule has 3 N–H and O–H groups in total. The van der Waals surface area contributed by atoms with E-state index in [2.05, 4.69) is 10.6 Å². The minimum Gasteiger partial charge on any atom is -0.505 e. The molecule has 0 bridgehead atoms. The number of rotatable bonds is 5. The molecule has 2 amide bonds. The molecule has 0 atom stereocenters. The quantitative estimate of drug-likeness (QED) is 0.575. The maximum Gasteiger partial charge on any atom is 0.240 e. The van der Waals surface area contributed by atoms with Crippen molar-refractivity contribution in [1.29, 1.82) is 0 Å². The zero-order valence-corrected chi connectivity index (χ0v) is 13.2. The Bertz CT molecular complexity index is 818. The van der Waals surface area contributed by atoms with E-state index >= 15 is 0 Å². The third-order valence-corrected chi connectivity index (χ3v) is 4.19. The number of phenols is 1. The van der Waals surface area contributed by atoms with Crippen molar-refractivity contribution < 1.29 is 23.5 Å². The lowest BCUT2D eigenvalue weighted by molar-refractivity contribution is -0.134. The van der Waals surface area contributed by atoms with Crippen LogP contribution in [0.2, 0.25) is 0 Å². The Morgan fingerprint density at radius 1 is 1.04 bits per heavy atom. The van der Waals surface area contributed by atoms with Gasteiger partial charge < -0.3 is 15.7 Å². The lowest BCUT2D eigenvalue weighted by Crippen LogP contribution is -2.39. The minimum atomic E-state index is -1.17. The van der Waals surface area contributed by atoms with E-state index in [4.69, 9.17) is 5.11 Å². The molecule has 0 aliphatic heterocycles. The van der Waals surface area contributed by atoms with Crippen LogP contribution in [0, 0.1) is 17.0 Å². The van der Waals surface area contributed by atoms with Crippen molar-refractivity contribution in [2.24, 2.45) is 5.41 Å². The SMILES string of the molecule is O=C(NCc1ccc(F)cc1)C1(C(=O)Nc2ccc(O)c(F)c2)CC1. The highest BCUT2D eigenvalue weighted by molar-refractivity contribution is 6.13. The van der Waals surface area contributed by atoms with E-state index in [1.807, 2.05) is 0 Å². The molecule has 1 saturated carbocycles. The second-order valence-corrected chi connectivity index (χ2v) is 6.01. The van der Waals surface area contributed by atoms with Crippen LogP contribution in [0.4, 0.5) is 14.5 Å². The molecule has 0 unspecified atom stereocenters. The number of benzene rings is 2. The molecule has 0 spiro atoms. The van der Waals surface area contributed by atoms with E-state index in [0.717, 1.165) is 12.1 Å². The molecule has 5 nitrogen and oxygen atoms in total. The second kappa shape index (κ2) is 6.51. The summed E-state index contributed by atoms with van der Waals surface area (Å²) in [4.78, 5) is 24.7. The maximum absolute atomic E-state index is 13.3. The Balaban J connectivity index is 1.62. The maximum atomic E-state index is 13.3. The number of phenolic OH excluding ortho intramolecular Hbond substituents is 1. The van der Waals surface area contributed by atoms with Crippen molar-refractivity contribution in [3.8, 4) is 5.75 Å². The summed E-state index contributed by atoms with van der Waals surface area (Å²) in [6.07, 6.45) is 0.795. The van der Waals surface area contributed by atoms with Crippen LogP contribution in [0.3, 0.4) is 0 Å². The normalized spacial score (nSPS) is 14.6. The first-order valence-corrected chi connectivity index (χ1v) is 7.73. The van der Waals surface area contributed by atoms with Gasteiger partial charge in [0.25, 0.3) is 0 Å². The molecular formula is C18H16F2N2O3. The third-order valence-electron chi connectivity index (χ3n) is 4.19. The van der Waals surface area contributed by atoms with Crippen LogP contribution < -0.4 is 10.6 Å². The van der Waals surface area contributed by atoms with Crippen LogP contribution in [0.25, 0.3) is 0 Å². The van der Waals surface area contributed by atoms with Crippen LogP contribution in [0.5, 0.6) is 5.75 Å². The van der Waals surface area contributed by atoms with Gasteiger partial charge in [0.1, 0.15) is 11.2 Å². The largest absolute Gasteiger partial charge is 0.505 e. The monoisotopic (exact) mass is 346 g/mol. The molecule has 3 rings (SSSR count). The predicted molar refractivity (Wildman–Crippen MR) is 86.6 cm³/mol. The number of carbonyl (C=O) groups is 2. The van der Waals surface area contributed by atoms with Crippen molar-refractivity contribution in [3.05, 3.63) is 59.7 Å². The molecule has 130 valence electrons. The topological polar surface area (TPSA) is 78.4 Å². The highest BCUT2D eigenvalue weighted by atomic mass is 19.1. The lowest BCUT2D eigenvalue weighted by Gasteiger charge is -2.15. The van der Waals surface area contributed by atoms with Gasteiger partial charge in [0.15, 0.2) is 11.6 Å². The summed E-state index contributed by atoms with van der Waals surface area (Å²) in [6, 6.07) is 9.14. The van der Waals surface area contributed by atoms with Gasteiger partial charge in [-0.25, -0.2) is 8.78 Å². The highest BCUT2D eigenvalue weighted by Crippen LogP contribution is 2.47. The Morgan fingerprint density at radius 2 is 1.72 bits per heavy atom. The van der Waals surface area contributed by atoms with Crippen LogP contribution in [0.15, 0.2) is 42.5 Å². The zero-order valence-electron chi connectivity index (χ0n) is 13.2. The van der Waals surface area contributed by atoms with E-state index in [1.165, 1.54) is 18.2 Å². The van der Waals surface area contributed by atoms with Crippen molar-refractivity contribution in [1.82, 2.24) is 5.32 Å². The van der Waals surface area contributed by atoms with E-state index in [0.29, 0.717) is 18.4 Å². The van der Waals surface area contributed by atoms with Crippen LogP contribution in [0.1, 0.15) is 18.4 Å². The van der Waals surface area contributed by atoms with Gasteiger partial charge in [-0.15, -0.1) is 0 Å². The van der Waals surface area contributed by atoms with Crippen molar-refractivity contribution in [2.45, 2.75) is 19.4 Å². The Kier molecular flexibility index (Phi) is 4.39. The zero-order chi connectivity index (χ0) is 18.0. The van der Waals surface area contributed by atoms with Gasteiger partial charge in [-0.1, -0.05) is 12.1 Å². The molecule has 1 aliphatic rings. The molecule has 0 aromatic heterocycles. The summed E-state index contributed by atoms with van der Waals surface area (Å²) >= 11 is 0. The molecule has 25 heavy (non-hydrogen) atoms. The van der Waals surface area contributed by atoms with Crippen molar-refractivity contribution in [2.75, 3.05) is 5.32 Å². The second-order valence-electron chi connectivity index (χ2n) is 6.01. The highest BCUT2D eigenvalue weighted by Gasteiger charge is 2.56. The van der Waals surface area contributed by atoms with Gasteiger partial charge in [0, 0.05) is 18.3 Å². The van der Waals surface area contributed by atoms with Gasteiger partial charge in [-0.2, -0.15) is 0 Å². The van der Waals surface area contributed by atoms with Crippen molar-refractivity contribution >= 4 is 17.5 Å². The molecular weight excluding hydrogens is 330 g/mol. The number of anilines is 1. The van der Waals surface area contributed by atoms with Crippen molar-refractivity contribution in [3.63, 3.8) is 0 Å². The molecule has 1 fully saturated rings. The predicted octanol–water partition coefficient (Wildman–Crippen LogP) is 2.71. The first-order valence-electron chi connectivity index (χ1n) is 7.73. The Morgan fingerprint density at radius 3 is 2.32 bits per heavy atom. The number of carbonyl (C=O) groups excluding carboxylic acids is 2. The fraction of sp³-hybridized carbons (Fsp3) is 0.222. The molecule has 2 aromatic rings. The molecule has 7 heteroatoms. The van der Waals surface area contributed by atoms with E-state index < -0.39 is 28.8 Å². The van der Waals surface area contributed by atoms with Crippen LogP contribution in [-0.4, -0.2) is 16.9 Å². The summed E-state index contributed by atoms with van der Waals surface area (Å²) in [5.41, 5.74) is -0.293. The summed E-state index contributed by atoms with van der Waals surface area (Å²) in [7, 11) is 0. The molecule has 0 radical (unpaired) electrons. The summed E-state index contributed by atoms with van der Waals surface area (Å²) in [6.45, 7) is 0.183. The lowest BCUT2D eigenvalue weighted by atomic mass is 10.0. The molecule has 1 aliphatic carbocycles. The van der Waals surface area contributed by atoms with Gasteiger partial charge in [0.2, 0.25) is 11.8 Å². The average molecular weight is 346 g/mol. The van der Waals surface area contributed by atoms with E-state index in [-0.39, 0.29) is 18.0 Å². The van der Waals surface area contributed by atoms with Gasteiger partial charge >= 0.3 is 0 Å². The molecule has 0 heterocycles. The van der Waals surface area contributed by atoms with Crippen LogP contribution >= 0.6 is 0 Å². The summed E-state index contributed by atoms with van der Waals surface area (Å²) < 4.78 is 26.2. The van der Waals surface area contributed by atoms with E-state index in [9.17, 15) is 18.4 Å². The van der Waals surface area contributed by atoms with E-state index in [1.54, 1.807) is 12.1 Å². The number of aromatic hydroxyl groups is 1. The number of hydrogen-bond acceptors (Lipinski definition) is 3. The first-order chi connectivity index (χ1) is 11.9. The van der Waals surface area contributed by atoms with Crippen LogP contribution in [-0.2, 0) is 16.1 Å². The smallest absolute Gasteiger partial charge is 0.240 e. The average Bonchev–Trinajstić information content (AvgIpc) is 3.39. The Labute approximate surface area is 142 Å². The summed E-state index contributed by atoms with van der Waals surface area (Å²) in [5.74, 6) is -2.68. The minimum absolute atomic E-state index is 0.165. The van der Waals surface area contributed by atoms with Gasteiger partial charge in [-0.3, -0.25) is 9.59 Å². The standard InChI is InChI=1S/C18H16F2N2O3/c19-12-3-1-11(2-4-12)10-21-16(24)18(7-8-18)17(25)22-13-5-6-15(23)14(20)9-13/h1-6,9,23H,7-8,10H2,(H,21,24)(H,22,25). The molecule has 0 saturated heterocycles. The van der Waals surface area contributed by atoms with Gasteiger partial charge in [0.05, 0.1) is 0 Å². The number of nitrogens with one attached hydrogen (secondary N) is 2. The fourth-order valence-corrected chi connectivity index (χ4v) is 2.47. The molecule has 2 aromatic carbocycles. The third kappa shape index (κ3) is 3.60.